The van der Waals surface area contributed by atoms with Gasteiger partial charge in [0.15, 0.2) is 0 Å². The van der Waals surface area contributed by atoms with E-state index in [1.54, 1.807) is 0 Å². The Hall–Kier alpha value is -2.50. The molecule has 0 atom stereocenters. The lowest BCUT2D eigenvalue weighted by Crippen LogP contribution is -2.03. The van der Waals surface area contributed by atoms with Crippen molar-refractivity contribution < 1.29 is 34.9 Å². The van der Waals surface area contributed by atoms with Gasteiger partial charge in [0, 0.05) is 13.8 Å². The van der Waals surface area contributed by atoms with Crippen LogP contribution >= 0.6 is 0 Å². The second-order valence-electron chi connectivity index (χ2n) is 1.56. The van der Waals surface area contributed by atoms with E-state index >= 15 is 0 Å². The predicted octanol–water partition coefficient (Wildman–Crippen LogP) is -0.437. The van der Waals surface area contributed by atoms with Crippen molar-refractivity contribution in [1.29, 1.82) is 0 Å². The Balaban J connectivity index is -0.0000000700. The molecule has 0 aliphatic rings. The highest BCUT2D eigenvalue weighted by atomic mass is 16.9. The van der Waals surface area contributed by atoms with Gasteiger partial charge in [-0.25, -0.2) is 0 Å². The summed E-state index contributed by atoms with van der Waals surface area (Å²) < 4.78 is 3.97. The minimum absolute atomic E-state index is 0. The molecule has 16 heavy (non-hydrogen) atoms. The Labute approximate surface area is 88.2 Å². The first-order chi connectivity index (χ1) is 6.59. The van der Waals surface area contributed by atoms with Crippen LogP contribution in [-0.2, 0) is 14.3 Å². The van der Waals surface area contributed by atoms with Gasteiger partial charge in [-0.2, -0.15) is 0 Å². The van der Waals surface area contributed by atoms with E-state index in [-0.39, 0.29) is 6.15 Å². The van der Waals surface area contributed by atoms with Crippen LogP contribution < -0.4 is 6.15 Å². The lowest BCUT2D eigenvalue weighted by Gasteiger charge is -1.87. The summed E-state index contributed by atoms with van der Waals surface area (Å²) in [5, 5.41) is 27.3. The molecule has 0 saturated heterocycles. The molecule has 0 aromatic carbocycles. The van der Waals surface area contributed by atoms with Crippen LogP contribution in [0.15, 0.2) is 0 Å². The number of hydrogen-bond acceptors (Lipinski definition) is 8. The molecule has 0 spiro atoms. The molecule has 0 aliphatic carbocycles. The second-order valence-corrected chi connectivity index (χ2v) is 1.56. The normalized spacial score (nSPS) is 6.38. The monoisotopic (exact) mass is 245 g/mol. The van der Waals surface area contributed by atoms with Crippen LogP contribution in [0.5, 0.6) is 0 Å². The van der Waals surface area contributed by atoms with Crippen molar-refractivity contribution in [3.8, 4) is 0 Å². The largest absolute Gasteiger partial charge is 0.394 e. The molecule has 5 N–H and O–H groups in total. The van der Waals surface area contributed by atoms with Crippen LogP contribution in [0.25, 0.3) is 0 Å². The molecule has 0 unspecified atom stereocenters. The maximum absolute atomic E-state index is 9.81. The van der Waals surface area contributed by atoms with Gasteiger partial charge in [-0.1, -0.05) is 0 Å². The van der Waals surface area contributed by atoms with E-state index < -0.39 is 22.1 Å². The Morgan fingerprint density at radius 1 is 1.00 bits per heavy atom. The van der Waals surface area contributed by atoms with Gasteiger partial charge in [0.25, 0.3) is 10.2 Å². The standard InChI is InChI=1S/C4H6O3.2HNO3.H3N/c1-3(5)7-4(2)6;2*2-1(3)4;/h1-2H3;2*(H,2,3,4);1H3. The number of nitrogens with zero attached hydrogens (tertiary/aromatic N) is 2. The molecule has 0 heterocycles. The van der Waals surface area contributed by atoms with E-state index in [1.807, 2.05) is 0 Å². The fourth-order valence-corrected chi connectivity index (χ4v) is 0.202. The molecular formula is C4H11N3O9. The number of hydrogen-bond donors (Lipinski definition) is 3. The van der Waals surface area contributed by atoms with Gasteiger partial charge in [0.1, 0.15) is 0 Å². The number of ether oxygens (including phenoxy) is 1. The summed E-state index contributed by atoms with van der Waals surface area (Å²) in [6.45, 7) is 2.36. The number of esters is 2. The zero-order chi connectivity index (χ0) is 13.0. The molecule has 0 aromatic rings. The Kier molecular flexibility index (Phi) is 21.9. The Bertz CT molecular complexity index is 207. The highest BCUT2D eigenvalue weighted by molar-refractivity contribution is 5.82. The first-order valence-electron chi connectivity index (χ1n) is 2.95. The van der Waals surface area contributed by atoms with Crippen LogP contribution in [-0.4, -0.2) is 32.5 Å². The molecule has 96 valence electrons. The summed E-state index contributed by atoms with van der Waals surface area (Å²) in [7, 11) is 0. The molecule has 0 saturated carbocycles. The average Bonchev–Trinajstić information content (AvgIpc) is 1.78. The van der Waals surface area contributed by atoms with Crippen molar-refractivity contribution in [3.05, 3.63) is 20.2 Å². The van der Waals surface area contributed by atoms with E-state index in [0.717, 1.165) is 0 Å². The van der Waals surface area contributed by atoms with Crippen molar-refractivity contribution in [2.45, 2.75) is 13.8 Å². The number of rotatable bonds is 0. The number of carbonyl (C=O) groups excluding carboxylic acids is 2. The zero-order valence-corrected chi connectivity index (χ0v) is 8.35. The quantitative estimate of drug-likeness (QED) is 0.217. The maximum atomic E-state index is 9.81. The third-order valence-corrected chi connectivity index (χ3v) is 0.287. The first kappa shape index (κ1) is 23.4. The molecule has 0 aromatic heterocycles. The highest BCUT2D eigenvalue weighted by Crippen LogP contribution is 1.73. The summed E-state index contributed by atoms with van der Waals surface area (Å²) in [6, 6.07) is 0. The van der Waals surface area contributed by atoms with E-state index in [0.29, 0.717) is 0 Å². The lowest BCUT2D eigenvalue weighted by atomic mass is 10.7. The van der Waals surface area contributed by atoms with Gasteiger partial charge in [0.05, 0.1) is 0 Å². The number of carbonyl (C=O) groups is 2. The van der Waals surface area contributed by atoms with Crippen molar-refractivity contribution in [1.82, 2.24) is 6.15 Å². The summed E-state index contributed by atoms with van der Waals surface area (Å²) in [4.78, 5) is 36.3. The molecule has 0 fully saturated rings. The average molecular weight is 245 g/mol. The van der Waals surface area contributed by atoms with E-state index in [9.17, 15) is 9.59 Å². The fourth-order valence-electron chi connectivity index (χ4n) is 0.202. The van der Waals surface area contributed by atoms with Crippen LogP contribution in [0.2, 0.25) is 0 Å². The summed E-state index contributed by atoms with van der Waals surface area (Å²) >= 11 is 0. The first-order valence-corrected chi connectivity index (χ1v) is 2.95. The van der Waals surface area contributed by atoms with Crippen molar-refractivity contribution >= 4 is 11.9 Å². The summed E-state index contributed by atoms with van der Waals surface area (Å²) in [6.07, 6.45) is 0. The van der Waals surface area contributed by atoms with Crippen LogP contribution in [0.3, 0.4) is 0 Å². The fraction of sp³-hybridized carbons (Fsp3) is 0.500. The molecule has 0 amide bonds. The van der Waals surface area contributed by atoms with Crippen molar-refractivity contribution in [2.75, 3.05) is 0 Å². The lowest BCUT2D eigenvalue weighted by molar-refractivity contribution is -0.742. The molecule has 0 aliphatic heterocycles. The maximum Gasteiger partial charge on any atom is 0.310 e. The van der Waals surface area contributed by atoms with Gasteiger partial charge in [-0.15, -0.1) is 20.2 Å². The minimum atomic E-state index is -1.50. The Morgan fingerprint density at radius 2 is 1.12 bits per heavy atom. The summed E-state index contributed by atoms with van der Waals surface area (Å²) in [5.74, 6) is -1.12. The van der Waals surface area contributed by atoms with Crippen LogP contribution in [0.4, 0.5) is 0 Å². The third kappa shape index (κ3) is 564. The zero-order valence-electron chi connectivity index (χ0n) is 8.35. The SMILES string of the molecule is CC(=O)OC(C)=O.N.O=[N+]([O-])O.O=[N+]([O-])O. The van der Waals surface area contributed by atoms with Crippen molar-refractivity contribution in [3.63, 3.8) is 0 Å². The third-order valence-electron chi connectivity index (χ3n) is 0.287. The van der Waals surface area contributed by atoms with Gasteiger partial charge in [-0.3, -0.25) is 9.59 Å². The molecule has 0 bridgehead atoms. The van der Waals surface area contributed by atoms with Crippen LogP contribution in [0, 0.1) is 20.2 Å². The van der Waals surface area contributed by atoms with E-state index in [4.69, 9.17) is 30.6 Å². The Morgan fingerprint density at radius 3 is 1.12 bits per heavy atom. The van der Waals surface area contributed by atoms with E-state index in [1.165, 1.54) is 13.8 Å². The summed E-state index contributed by atoms with van der Waals surface area (Å²) in [5.41, 5.74) is 0. The molecule has 0 radical (unpaired) electrons. The van der Waals surface area contributed by atoms with E-state index in [2.05, 4.69) is 4.74 Å². The molecule has 0 rings (SSSR count). The topological polar surface area (TPSA) is 205 Å². The van der Waals surface area contributed by atoms with Gasteiger partial charge in [0.2, 0.25) is 0 Å². The van der Waals surface area contributed by atoms with Gasteiger partial charge >= 0.3 is 11.9 Å². The molecule has 12 heteroatoms. The van der Waals surface area contributed by atoms with Gasteiger partial charge in [-0.05, 0) is 0 Å². The smallest absolute Gasteiger partial charge is 0.310 e. The predicted molar refractivity (Wildman–Crippen MR) is 45.0 cm³/mol. The second kappa shape index (κ2) is 15.0. The molecular weight excluding hydrogens is 234 g/mol. The highest BCUT2D eigenvalue weighted by Gasteiger charge is 1.93. The minimum Gasteiger partial charge on any atom is -0.394 e. The van der Waals surface area contributed by atoms with Crippen molar-refractivity contribution in [2.24, 2.45) is 0 Å². The van der Waals surface area contributed by atoms with Gasteiger partial charge < -0.3 is 21.3 Å². The van der Waals surface area contributed by atoms with Crippen LogP contribution in [0.1, 0.15) is 13.8 Å². The molecule has 12 nitrogen and oxygen atoms in total.